The number of hydrogen-bond donors (Lipinski definition) is 0. The van der Waals surface area contributed by atoms with E-state index in [-0.39, 0.29) is 17.6 Å². The zero-order chi connectivity index (χ0) is 24.5. The minimum Gasteiger partial charge on any atom is -0.443 e. The quantitative estimate of drug-likeness (QED) is 0.332. The molecule has 0 radical (unpaired) electrons. The molecule has 9 heteroatoms. The van der Waals surface area contributed by atoms with E-state index in [0.717, 1.165) is 22.4 Å². The second-order valence-electron chi connectivity index (χ2n) is 9.29. The third kappa shape index (κ3) is 5.17. The molecule has 3 heterocycles. The average Bonchev–Trinajstić information content (AvgIpc) is 3.21. The highest BCUT2D eigenvalue weighted by molar-refractivity contribution is 6.29. The third-order valence-electron chi connectivity index (χ3n) is 5.13. The molecule has 4 rings (SSSR count). The molecule has 8 nitrogen and oxygen atoms in total. The predicted molar refractivity (Wildman–Crippen MR) is 132 cm³/mol. The third-order valence-corrected chi connectivity index (χ3v) is 5.33. The van der Waals surface area contributed by atoms with Gasteiger partial charge in [0, 0.05) is 23.4 Å². The normalized spacial score (nSPS) is 11.7. The standard InChI is InChI=1S/C25H27ClN6O2/c1-16(2)19-13-29-32-22(12-21(26)30-23(19)32)31(24(33)34-25(3,4)5)14-17-6-8-18(9-7-17)20-10-11-27-15-28-20/h6-13,15-16H,14H2,1-5H3. The maximum absolute atomic E-state index is 13.3. The van der Waals surface area contributed by atoms with Crippen molar-refractivity contribution in [3.8, 4) is 11.3 Å². The number of carbonyl (C=O) groups excluding carboxylic acids is 1. The fourth-order valence-corrected chi connectivity index (χ4v) is 3.69. The van der Waals surface area contributed by atoms with Crippen LogP contribution in [0.15, 0.2) is 55.1 Å². The van der Waals surface area contributed by atoms with Crippen LogP contribution in [0.5, 0.6) is 0 Å². The van der Waals surface area contributed by atoms with Gasteiger partial charge in [0.05, 0.1) is 18.4 Å². The van der Waals surface area contributed by atoms with E-state index in [1.165, 1.54) is 11.2 Å². The van der Waals surface area contributed by atoms with Gasteiger partial charge in [0.25, 0.3) is 0 Å². The van der Waals surface area contributed by atoms with E-state index in [9.17, 15) is 4.79 Å². The van der Waals surface area contributed by atoms with Crippen LogP contribution in [0, 0.1) is 0 Å². The lowest BCUT2D eigenvalue weighted by atomic mass is 10.1. The summed E-state index contributed by atoms with van der Waals surface area (Å²) in [7, 11) is 0. The van der Waals surface area contributed by atoms with Crippen molar-refractivity contribution in [1.82, 2.24) is 24.6 Å². The highest BCUT2D eigenvalue weighted by atomic mass is 35.5. The van der Waals surface area contributed by atoms with Gasteiger partial charge in [-0.25, -0.2) is 19.7 Å². The van der Waals surface area contributed by atoms with Crippen LogP contribution in [0.3, 0.4) is 0 Å². The minimum atomic E-state index is -0.671. The monoisotopic (exact) mass is 478 g/mol. The van der Waals surface area contributed by atoms with Crippen molar-refractivity contribution in [3.63, 3.8) is 0 Å². The molecular formula is C25H27ClN6O2. The Bertz CT molecular complexity index is 1300. The number of fused-ring (bicyclic) bond motifs is 1. The molecular weight excluding hydrogens is 452 g/mol. The first-order valence-electron chi connectivity index (χ1n) is 11.0. The fraction of sp³-hybridized carbons (Fsp3) is 0.320. The highest BCUT2D eigenvalue weighted by Gasteiger charge is 2.27. The van der Waals surface area contributed by atoms with Crippen LogP contribution in [0.1, 0.15) is 51.7 Å². The second kappa shape index (κ2) is 9.38. The molecule has 3 aromatic heterocycles. The summed E-state index contributed by atoms with van der Waals surface area (Å²) in [6, 6.07) is 11.3. The van der Waals surface area contributed by atoms with Crippen LogP contribution < -0.4 is 4.90 Å². The van der Waals surface area contributed by atoms with E-state index >= 15 is 0 Å². The molecule has 0 saturated heterocycles. The zero-order valence-electron chi connectivity index (χ0n) is 19.9. The molecule has 0 N–H and O–H groups in total. The molecule has 0 aliphatic rings. The Morgan fingerprint density at radius 2 is 1.91 bits per heavy atom. The summed E-state index contributed by atoms with van der Waals surface area (Å²) in [6.45, 7) is 9.87. The SMILES string of the molecule is CC(C)c1cnn2c(N(Cc3ccc(-c4ccncn4)cc3)C(=O)OC(C)(C)C)cc(Cl)nc12. The van der Waals surface area contributed by atoms with Crippen molar-refractivity contribution in [2.45, 2.75) is 52.7 Å². The predicted octanol–water partition coefficient (Wildman–Crippen LogP) is 5.90. The molecule has 0 spiro atoms. The van der Waals surface area contributed by atoms with Crippen molar-refractivity contribution in [1.29, 1.82) is 0 Å². The van der Waals surface area contributed by atoms with Gasteiger partial charge in [0.2, 0.25) is 0 Å². The summed E-state index contributed by atoms with van der Waals surface area (Å²) >= 11 is 6.39. The first kappa shape index (κ1) is 23.6. The average molecular weight is 479 g/mol. The molecule has 0 bridgehead atoms. The van der Waals surface area contributed by atoms with Crippen LogP contribution in [-0.4, -0.2) is 36.3 Å². The van der Waals surface area contributed by atoms with Crippen molar-refractivity contribution in [2.75, 3.05) is 4.90 Å². The van der Waals surface area contributed by atoms with Gasteiger partial charge in [-0.05, 0) is 38.3 Å². The van der Waals surface area contributed by atoms with Crippen molar-refractivity contribution < 1.29 is 9.53 Å². The van der Waals surface area contributed by atoms with Crippen LogP contribution in [0.4, 0.5) is 10.6 Å². The lowest BCUT2D eigenvalue weighted by Crippen LogP contribution is -2.37. The number of anilines is 1. The van der Waals surface area contributed by atoms with E-state index in [1.807, 2.05) is 51.1 Å². The first-order chi connectivity index (χ1) is 16.1. The smallest absolute Gasteiger partial charge is 0.416 e. The number of rotatable bonds is 5. The van der Waals surface area contributed by atoms with Crippen molar-refractivity contribution in [2.24, 2.45) is 0 Å². The van der Waals surface area contributed by atoms with E-state index in [4.69, 9.17) is 16.3 Å². The molecule has 176 valence electrons. The Labute approximate surface area is 203 Å². The maximum Gasteiger partial charge on any atom is 0.416 e. The van der Waals surface area contributed by atoms with Gasteiger partial charge >= 0.3 is 6.09 Å². The van der Waals surface area contributed by atoms with Gasteiger partial charge < -0.3 is 4.74 Å². The number of nitrogens with zero attached hydrogens (tertiary/aromatic N) is 6. The van der Waals surface area contributed by atoms with Gasteiger partial charge in [-0.15, -0.1) is 0 Å². The molecule has 0 aliphatic carbocycles. The zero-order valence-corrected chi connectivity index (χ0v) is 20.6. The number of benzene rings is 1. The summed E-state index contributed by atoms with van der Waals surface area (Å²) in [5.41, 5.74) is 3.58. The Morgan fingerprint density at radius 1 is 1.18 bits per heavy atom. The minimum absolute atomic E-state index is 0.195. The number of hydrogen-bond acceptors (Lipinski definition) is 6. The number of carbonyl (C=O) groups is 1. The van der Waals surface area contributed by atoms with Gasteiger partial charge in [0.15, 0.2) is 5.65 Å². The first-order valence-corrected chi connectivity index (χ1v) is 11.4. The topological polar surface area (TPSA) is 85.5 Å². The molecule has 4 aromatic rings. The summed E-state index contributed by atoms with van der Waals surface area (Å²) in [6.07, 6.45) is 4.48. The van der Waals surface area contributed by atoms with Gasteiger partial charge in [0.1, 0.15) is 22.9 Å². The van der Waals surface area contributed by atoms with E-state index < -0.39 is 11.7 Å². The highest BCUT2D eigenvalue weighted by Crippen LogP contribution is 2.28. The molecule has 0 atom stereocenters. The number of aromatic nitrogens is 5. The molecule has 1 amide bonds. The lowest BCUT2D eigenvalue weighted by molar-refractivity contribution is 0.0575. The van der Waals surface area contributed by atoms with Crippen LogP contribution in [0.2, 0.25) is 5.15 Å². The van der Waals surface area contributed by atoms with E-state index in [1.54, 1.807) is 23.0 Å². The van der Waals surface area contributed by atoms with Crippen molar-refractivity contribution in [3.05, 3.63) is 71.4 Å². The molecule has 0 unspecified atom stereocenters. The number of amides is 1. The maximum atomic E-state index is 13.3. The Morgan fingerprint density at radius 3 is 2.53 bits per heavy atom. The molecule has 0 aliphatic heterocycles. The number of halogens is 1. The molecule has 0 fully saturated rings. The Kier molecular flexibility index (Phi) is 6.52. The van der Waals surface area contributed by atoms with Crippen LogP contribution in [0.25, 0.3) is 16.9 Å². The summed E-state index contributed by atoms with van der Waals surface area (Å²) in [5, 5.41) is 4.78. The Hall–Kier alpha value is -3.52. The van der Waals surface area contributed by atoms with E-state index in [2.05, 4.69) is 33.9 Å². The molecule has 0 saturated carbocycles. The van der Waals surface area contributed by atoms with Gasteiger partial charge in [-0.1, -0.05) is 49.7 Å². The Balaban J connectivity index is 1.75. The molecule has 1 aromatic carbocycles. The van der Waals surface area contributed by atoms with E-state index in [0.29, 0.717) is 11.5 Å². The second-order valence-corrected chi connectivity index (χ2v) is 9.67. The van der Waals surface area contributed by atoms with Crippen LogP contribution >= 0.6 is 11.6 Å². The summed E-state index contributed by atoms with van der Waals surface area (Å²) < 4.78 is 7.37. The van der Waals surface area contributed by atoms with Crippen LogP contribution in [-0.2, 0) is 11.3 Å². The van der Waals surface area contributed by atoms with Crippen molar-refractivity contribution >= 4 is 29.2 Å². The number of ether oxygens (including phenoxy) is 1. The summed E-state index contributed by atoms with van der Waals surface area (Å²) in [4.78, 5) is 27.6. The summed E-state index contributed by atoms with van der Waals surface area (Å²) in [5.74, 6) is 0.677. The van der Waals surface area contributed by atoms with Gasteiger partial charge in [-0.3, -0.25) is 4.90 Å². The largest absolute Gasteiger partial charge is 0.443 e. The lowest BCUT2D eigenvalue weighted by Gasteiger charge is -2.28. The van der Waals surface area contributed by atoms with Gasteiger partial charge in [-0.2, -0.15) is 9.61 Å². The molecule has 34 heavy (non-hydrogen) atoms. The fourth-order valence-electron chi connectivity index (χ4n) is 3.52.